The molecule has 1 aromatic carbocycles. The van der Waals surface area contributed by atoms with E-state index in [9.17, 15) is 13.2 Å². The summed E-state index contributed by atoms with van der Waals surface area (Å²) < 4.78 is 39.3. The van der Waals surface area contributed by atoms with Crippen molar-refractivity contribution in [3.05, 3.63) is 71.2 Å². The molecule has 7 heteroatoms. The fourth-order valence-corrected chi connectivity index (χ4v) is 4.62. The lowest BCUT2D eigenvalue weighted by Crippen LogP contribution is -2.04. The number of aryl methyl sites for hydroxylation is 1. The van der Waals surface area contributed by atoms with Gasteiger partial charge in [-0.15, -0.1) is 11.3 Å². The van der Waals surface area contributed by atoms with Gasteiger partial charge >= 0.3 is 6.18 Å². The quantitative estimate of drug-likeness (QED) is 0.273. The summed E-state index contributed by atoms with van der Waals surface area (Å²) in [5, 5.41) is 8.07. The first-order chi connectivity index (χ1) is 15.5. The van der Waals surface area contributed by atoms with E-state index >= 15 is 0 Å². The lowest BCUT2D eigenvalue weighted by Gasteiger charge is -2.10. The summed E-state index contributed by atoms with van der Waals surface area (Å²) in [6, 6.07) is 16.7. The van der Waals surface area contributed by atoms with Gasteiger partial charge in [0.1, 0.15) is 11.4 Å². The molecule has 0 fully saturated rings. The zero-order valence-electron chi connectivity index (χ0n) is 17.7. The SMILES string of the molecule is CCCCCCc1ccsc1-c1cc(-c2ccccc2)nc(-c2cc(C(F)(F)F)[nH]n2)c1. The zero-order valence-corrected chi connectivity index (χ0v) is 18.6. The highest BCUT2D eigenvalue weighted by Crippen LogP contribution is 2.36. The van der Waals surface area contributed by atoms with Crippen LogP contribution >= 0.6 is 11.3 Å². The average molecular weight is 456 g/mol. The third kappa shape index (κ3) is 5.10. The number of thiophene rings is 1. The van der Waals surface area contributed by atoms with Crippen molar-refractivity contribution >= 4 is 11.3 Å². The molecule has 0 aliphatic carbocycles. The Kier molecular flexibility index (Phi) is 6.74. The Morgan fingerprint density at radius 2 is 1.66 bits per heavy atom. The highest BCUT2D eigenvalue weighted by atomic mass is 32.1. The minimum absolute atomic E-state index is 0.178. The Morgan fingerprint density at radius 3 is 2.38 bits per heavy atom. The van der Waals surface area contributed by atoms with Crippen LogP contribution in [0.5, 0.6) is 0 Å². The first-order valence-electron chi connectivity index (χ1n) is 10.7. The van der Waals surface area contributed by atoms with Gasteiger partial charge in [0.2, 0.25) is 0 Å². The topological polar surface area (TPSA) is 41.6 Å². The van der Waals surface area contributed by atoms with E-state index < -0.39 is 11.9 Å². The van der Waals surface area contributed by atoms with Gasteiger partial charge in [-0.25, -0.2) is 4.98 Å². The molecule has 3 aromatic heterocycles. The second kappa shape index (κ2) is 9.69. The number of halogens is 3. The molecule has 0 bridgehead atoms. The number of alkyl halides is 3. The van der Waals surface area contributed by atoms with Gasteiger partial charge in [0, 0.05) is 10.4 Å². The zero-order chi connectivity index (χ0) is 22.6. The third-order valence-corrected chi connectivity index (χ3v) is 6.35. The molecule has 4 aromatic rings. The first kappa shape index (κ1) is 22.3. The summed E-state index contributed by atoms with van der Waals surface area (Å²) in [5.41, 5.74) is 3.54. The molecule has 3 nitrogen and oxygen atoms in total. The molecule has 0 saturated heterocycles. The van der Waals surface area contributed by atoms with E-state index in [4.69, 9.17) is 0 Å². The predicted molar refractivity (Wildman–Crippen MR) is 123 cm³/mol. The van der Waals surface area contributed by atoms with E-state index in [0.717, 1.165) is 34.9 Å². The molecule has 1 N–H and O–H groups in total. The molecule has 0 atom stereocenters. The molecular weight excluding hydrogens is 431 g/mol. The van der Waals surface area contributed by atoms with Gasteiger partial charge in [0.15, 0.2) is 0 Å². The van der Waals surface area contributed by atoms with Crippen LogP contribution in [0.25, 0.3) is 33.1 Å². The van der Waals surface area contributed by atoms with E-state index in [1.54, 1.807) is 11.3 Å². The molecule has 0 spiro atoms. The summed E-state index contributed by atoms with van der Waals surface area (Å²) in [5.74, 6) is 0. The molecule has 166 valence electrons. The van der Waals surface area contributed by atoms with Gasteiger partial charge < -0.3 is 0 Å². The Bertz CT molecular complexity index is 1160. The van der Waals surface area contributed by atoms with Crippen LogP contribution in [-0.4, -0.2) is 15.2 Å². The molecule has 0 radical (unpaired) electrons. The number of benzene rings is 1. The monoisotopic (exact) mass is 455 g/mol. The molecule has 32 heavy (non-hydrogen) atoms. The van der Waals surface area contributed by atoms with E-state index in [0.29, 0.717) is 11.4 Å². The van der Waals surface area contributed by atoms with Gasteiger partial charge in [-0.2, -0.15) is 18.3 Å². The molecule has 3 heterocycles. The van der Waals surface area contributed by atoms with Crippen LogP contribution < -0.4 is 0 Å². The summed E-state index contributed by atoms with van der Waals surface area (Å²) in [6.45, 7) is 2.19. The van der Waals surface area contributed by atoms with Crippen molar-refractivity contribution in [3.63, 3.8) is 0 Å². The number of nitrogens with zero attached hydrogens (tertiary/aromatic N) is 2. The molecule has 0 saturated carbocycles. The Morgan fingerprint density at radius 1 is 0.875 bits per heavy atom. The number of rotatable bonds is 8. The summed E-state index contributed by atoms with van der Waals surface area (Å²) >= 11 is 1.65. The van der Waals surface area contributed by atoms with Crippen molar-refractivity contribution in [2.45, 2.75) is 45.2 Å². The molecule has 0 aliphatic rings. The maximum atomic E-state index is 13.1. The van der Waals surface area contributed by atoms with Gasteiger partial charge in [-0.1, -0.05) is 56.5 Å². The molecule has 0 aliphatic heterocycles. The summed E-state index contributed by atoms with van der Waals surface area (Å²) in [6.07, 6.45) is 1.22. The van der Waals surface area contributed by atoms with Crippen LogP contribution in [0.1, 0.15) is 43.9 Å². The van der Waals surface area contributed by atoms with Crippen LogP contribution in [0, 0.1) is 0 Å². The molecule has 0 unspecified atom stereocenters. The second-order valence-corrected chi connectivity index (χ2v) is 8.66. The Hall–Kier alpha value is -2.93. The van der Waals surface area contributed by atoms with Crippen LogP contribution in [0.3, 0.4) is 0 Å². The highest BCUT2D eigenvalue weighted by Gasteiger charge is 2.33. The molecular formula is C25H24F3N3S. The van der Waals surface area contributed by atoms with Crippen molar-refractivity contribution in [2.75, 3.05) is 0 Å². The number of unbranched alkanes of at least 4 members (excludes halogenated alkanes) is 3. The number of hydrogen-bond acceptors (Lipinski definition) is 3. The van der Waals surface area contributed by atoms with Crippen molar-refractivity contribution in [1.29, 1.82) is 0 Å². The lowest BCUT2D eigenvalue weighted by molar-refractivity contribution is -0.141. The number of aromatic amines is 1. The van der Waals surface area contributed by atoms with Crippen molar-refractivity contribution in [3.8, 4) is 33.1 Å². The standard InChI is InChI=1S/C25H24F3N3S/c1-2-3-4-6-11-18-12-13-32-24(18)19-14-20(17-9-7-5-8-10-17)29-21(15-19)22-16-23(31-30-22)25(26,27)28/h5,7-10,12-16H,2-4,6,11H2,1H3,(H,30,31). The smallest absolute Gasteiger partial charge is 0.273 e. The lowest BCUT2D eigenvalue weighted by atomic mass is 10.0. The number of hydrogen-bond donors (Lipinski definition) is 1. The van der Waals surface area contributed by atoms with E-state index in [1.165, 1.54) is 24.8 Å². The predicted octanol–water partition coefficient (Wildman–Crippen LogP) is 8.01. The van der Waals surface area contributed by atoms with E-state index in [1.807, 2.05) is 42.5 Å². The fourth-order valence-electron chi connectivity index (χ4n) is 3.68. The number of H-pyrrole nitrogens is 1. The first-order valence-corrected chi connectivity index (χ1v) is 11.6. The third-order valence-electron chi connectivity index (χ3n) is 5.35. The fraction of sp³-hybridized carbons (Fsp3) is 0.280. The van der Waals surface area contributed by atoms with Crippen LogP contribution in [0.2, 0.25) is 0 Å². The van der Waals surface area contributed by atoms with Gasteiger partial charge in [-0.05, 0) is 53.6 Å². The van der Waals surface area contributed by atoms with Crippen molar-refractivity contribution < 1.29 is 13.2 Å². The van der Waals surface area contributed by atoms with Crippen molar-refractivity contribution in [2.24, 2.45) is 0 Å². The summed E-state index contributed by atoms with van der Waals surface area (Å²) in [4.78, 5) is 5.78. The maximum Gasteiger partial charge on any atom is 0.432 e. The van der Waals surface area contributed by atoms with Crippen LogP contribution in [0.15, 0.2) is 60.0 Å². The van der Waals surface area contributed by atoms with Gasteiger partial charge in [0.25, 0.3) is 0 Å². The normalized spacial score (nSPS) is 11.8. The Labute approximate surface area is 189 Å². The summed E-state index contributed by atoms with van der Waals surface area (Å²) in [7, 11) is 0. The van der Waals surface area contributed by atoms with Crippen LogP contribution in [-0.2, 0) is 12.6 Å². The van der Waals surface area contributed by atoms with Crippen LogP contribution in [0.4, 0.5) is 13.2 Å². The van der Waals surface area contributed by atoms with Crippen molar-refractivity contribution in [1.82, 2.24) is 15.2 Å². The highest BCUT2D eigenvalue weighted by molar-refractivity contribution is 7.13. The molecule has 4 rings (SSSR count). The largest absolute Gasteiger partial charge is 0.432 e. The number of nitrogens with one attached hydrogen (secondary N) is 1. The maximum absolute atomic E-state index is 13.1. The average Bonchev–Trinajstić information content (AvgIpc) is 3.47. The minimum Gasteiger partial charge on any atom is -0.273 e. The van der Waals surface area contributed by atoms with E-state index in [-0.39, 0.29) is 5.69 Å². The second-order valence-electron chi connectivity index (χ2n) is 7.74. The van der Waals surface area contributed by atoms with Gasteiger partial charge in [0.05, 0.1) is 11.4 Å². The van der Waals surface area contributed by atoms with E-state index in [2.05, 4.69) is 33.6 Å². The minimum atomic E-state index is -4.48. The number of aromatic nitrogens is 3. The van der Waals surface area contributed by atoms with Gasteiger partial charge in [-0.3, -0.25) is 5.10 Å². The molecule has 0 amide bonds. The number of pyridine rings is 1. The Balaban J connectivity index is 1.76.